The van der Waals surface area contributed by atoms with Crippen LogP contribution in [-0.2, 0) is 9.47 Å². The molecule has 96 valence electrons. The molecule has 0 aromatic carbocycles. The van der Waals surface area contributed by atoms with E-state index < -0.39 is 0 Å². The fraction of sp³-hybridized carbons (Fsp3) is 0.615. The van der Waals surface area contributed by atoms with Gasteiger partial charge < -0.3 is 14.2 Å². The smallest absolute Gasteiger partial charge is 0.213 e. The van der Waals surface area contributed by atoms with Gasteiger partial charge in [0, 0.05) is 18.9 Å². The zero-order valence-electron chi connectivity index (χ0n) is 10.4. The van der Waals surface area contributed by atoms with Crippen molar-refractivity contribution in [2.24, 2.45) is 0 Å². The minimum Gasteiger partial charge on any atom is -0.475 e. The lowest BCUT2D eigenvalue weighted by Crippen LogP contribution is -2.11. The first-order valence-electron chi connectivity index (χ1n) is 6.13. The molecule has 0 atom stereocenters. The first-order valence-corrected chi connectivity index (χ1v) is 6.13. The third-order valence-electron chi connectivity index (χ3n) is 2.13. The highest BCUT2D eigenvalue weighted by Gasteiger charge is 1.93. The van der Waals surface area contributed by atoms with Crippen molar-refractivity contribution in [3.05, 3.63) is 24.4 Å². The second kappa shape index (κ2) is 10.1. The van der Waals surface area contributed by atoms with Crippen molar-refractivity contribution in [2.75, 3.05) is 33.0 Å². The molecule has 1 aromatic rings. The molecule has 0 bridgehead atoms. The maximum absolute atomic E-state index is 5.37. The van der Waals surface area contributed by atoms with Crippen molar-refractivity contribution >= 4 is 0 Å². The standard InChI is InChI=1S/C13H21NO3/c1-2-3-8-15-9-10-16-11-12-17-13-6-4-5-7-14-13/h4-7H,2-3,8-12H2,1H3. The number of pyridine rings is 1. The minimum absolute atomic E-state index is 0.520. The van der Waals surface area contributed by atoms with Gasteiger partial charge in [0.25, 0.3) is 0 Å². The van der Waals surface area contributed by atoms with Gasteiger partial charge in [-0.2, -0.15) is 0 Å². The normalized spacial score (nSPS) is 10.4. The van der Waals surface area contributed by atoms with Crippen molar-refractivity contribution in [3.63, 3.8) is 0 Å². The SMILES string of the molecule is CCCCOCCOCCOc1ccccn1. The third kappa shape index (κ3) is 7.71. The summed E-state index contributed by atoms with van der Waals surface area (Å²) in [5.74, 6) is 0.635. The van der Waals surface area contributed by atoms with Crippen LogP contribution in [0.2, 0.25) is 0 Å². The van der Waals surface area contributed by atoms with Crippen molar-refractivity contribution in [3.8, 4) is 5.88 Å². The van der Waals surface area contributed by atoms with Crippen LogP contribution in [0.25, 0.3) is 0 Å². The lowest BCUT2D eigenvalue weighted by molar-refractivity contribution is 0.0351. The van der Waals surface area contributed by atoms with E-state index in [4.69, 9.17) is 14.2 Å². The minimum atomic E-state index is 0.520. The van der Waals surface area contributed by atoms with Gasteiger partial charge in [-0.3, -0.25) is 0 Å². The van der Waals surface area contributed by atoms with E-state index in [0.717, 1.165) is 13.0 Å². The molecule has 0 aliphatic heterocycles. The van der Waals surface area contributed by atoms with Crippen molar-refractivity contribution in [1.82, 2.24) is 4.98 Å². The Balaban J connectivity index is 1.85. The number of hydrogen-bond acceptors (Lipinski definition) is 4. The number of nitrogens with zero attached hydrogens (tertiary/aromatic N) is 1. The van der Waals surface area contributed by atoms with E-state index in [0.29, 0.717) is 32.3 Å². The van der Waals surface area contributed by atoms with Crippen LogP contribution in [0.3, 0.4) is 0 Å². The number of unbranched alkanes of at least 4 members (excludes halogenated alkanes) is 1. The number of hydrogen-bond donors (Lipinski definition) is 0. The van der Waals surface area contributed by atoms with Crippen molar-refractivity contribution in [2.45, 2.75) is 19.8 Å². The molecule has 4 heteroatoms. The van der Waals surface area contributed by atoms with E-state index in [9.17, 15) is 0 Å². The van der Waals surface area contributed by atoms with E-state index in [1.54, 1.807) is 6.20 Å². The van der Waals surface area contributed by atoms with Crippen LogP contribution in [-0.4, -0.2) is 38.0 Å². The van der Waals surface area contributed by atoms with Crippen molar-refractivity contribution in [1.29, 1.82) is 0 Å². The number of rotatable bonds is 10. The van der Waals surface area contributed by atoms with E-state index >= 15 is 0 Å². The largest absolute Gasteiger partial charge is 0.475 e. The Morgan fingerprint density at radius 3 is 2.47 bits per heavy atom. The molecule has 0 aliphatic carbocycles. The van der Waals surface area contributed by atoms with Gasteiger partial charge in [-0.25, -0.2) is 4.98 Å². The first-order chi connectivity index (χ1) is 8.43. The summed E-state index contributed by atoms with van der Waals surface area (Å²) < 4.78 is 16.1. The molecule has 0 aliphatic rings. The molecule has 0 amide bonds. The molecule has 0 fully saturated rings. The Hall–Kier alpha value is -1.13. The summed E-state index contributed by atoms with van der Waals surface area (Å²) in [6.07, 6.45) is 3.99. The van der Waals surface area contributed by atoms with E-state index in [2.05, 4.69) is 11.9 Å². The lowest BCUT2D eigenvalue weighted by atomic mass is 10.4. The molecule has 1 rings (SSSR count). The van der Waals surface area contributed by atoms with E-state index in [-0.39, 0.29) is 0 Å². The summed E-state index contributed by atoms with van der Waals surface area (Å²) in [4.78, 5) is 4.04. The molecule has 0 saturated heterocycles. The molecule has 4 nitrogen and oxygen atoms in total. The monoisotopic (exact) mass is 239 g/mol. The van der Waals surface area contributed by atoms with Gasteiger partial charge in [0.1, 0.15) is 6.61 Å². The number of ether oxygens (including phenoxy) is 3. The van der Waals surface area contributed by atoms with Crippen molar-refractivity contribution < 1.29 is 14.2 Å². The van der Waals surface area contributed by atoms with Gasteiger partial charge in [-0.1, -0.05) is 19.4 Å². The van der Waals surface area contributed by atoms with Crippen LogP contribution in [0.4, 0.5) is 0 Å². The molecule has 1 aromatic heterocycles. The average molecular weight is 239 g/mol. The summed E-state index contributed by atoms with van der Waals surface area (Å²) in [6, 6.07) is 5.58. The molecule has 0 radical (unpaired) electrons. The van der Waals surface area contributed by atoms with Gasteiger partial charge in [-0.05, 0) is 12.5 Å². The summed E-state index contributed by atoms with van der Waals surface area (Å²) in [7, 11) is 0. The zero-order chi connectivity index (χ0) is 12.2. The predicted octanol–water partition coefficient (Wildman–Crippen LogP) is 2.29. The second-order valence-corrected chi connectivity index (χ2v) is 3.59. The van der Waals surface area contributed by atoms with Gasteiger partial charge >= 0.3 is 0 Å². The molecule has 0 N–H and O–H groups in total. The Kier molecular flexibility index (Phi) is 8.24. The maximum Gasteiger partial charge on any atom is 0.213 e. The number of aromatic nitrogens is 1. The molecule has 0 saturated carbocycles. The maximum atomic E-state index is 5.37. The third-order valence-corrected chi connectivity index (χ3v) is 2.13. The van der Waals surface area contributed by atoms with Crippen LogP contribution in [0.15, 0.2) is 24.4 Å². The second-order valence-electron chi connectivity index (χ2n) is 3.59. The Labute approximate surface area is 103 Å². The molecular formula is C13H21NO3. The average Bonchev–Trinajstić information content (AvgIpc) is 2.38. The fourth-order valence-corrected chi connectivity index (χ4v) is 1.21. The lowest BCUT2D eigenvalue weighted by Gasteiger charge is -2.06. The van der Waals surface area contributed by atoms with E-state index in [1.807, 2.05) is 18.2 Å². The van der Waals surface area contributed by atoms with Crippen LogP contribution in [0.5, 0.6) is 5.88 Å². The van der Waals surface area contributed by atoms with Gasteiger partial charge in [-0.15, -0.1) is 0 Å². The Morgan fingerprint density at radius 1 is 1.00 bits per heavy atom. The quantitative estimate of drug-likeness (QED) is 0.587. The molecule has 0 unspecified atom stereocenters. The molecule has 1 heterocycles. The summed E-state index contributed by atoms with van der Waals surface area (Å²) >= 11 is 0. The van der Waals surface area contributed by atoms with Gasteiger partial charge in [0.2, 0.25) is 5.88 Å². The highest BCUT2D eigenvalue weighted by atomic mass is 16.5. The summed E-state index contributed by atoms with van der Waals surface area (Å²) in [6.45, 7) is 5.33. The summed E-state index contributed by atoms with van der Waals surface area (Å²) in [5.41, 5.74) is 0. The highest BCUT2D eigenvalue weighted by molar-refractivity contribution is 5.08. The Bertz CT molecular complexity index is 267. The predicted molar refractivity (Wildman–Crippen MR) is 66.3 cm³/mol. The molecular weight excluding hydrogens is 218 g/mol. The fourth-order valence-electron chi connectivity index (χ4n) is 1.21. The highest BCUT2D eigenvalue weighted by Crippen LogP contribution is 2.02. The van der Waals surface area contributed by atoms with Crippen LogP contribution in [0, 0.1) is 0 Å². The Morgan fingerprint density at radius 2 is 1.76 bits per heavy atom. The molecule has 17 heavy (non-hydrogen) atoms. The van der Waals surface area contributed by atoms with Crippen LogP contribution >= 0.6 is 0 Å². The van der Waals surface area contributed by atoms with Crippen LogP contribution < -0.4 is 4.74 Å². The zero-order valence-corrected chi connectivity index (χ0v) is 10.4. The van der Waals surface area contributed by atoms with Crippen LogP contribution in [0.1, 0.15) is 19.8 Å². The van der Waals surface area contributed by atoms with Gasteiger partial charge in [0.15, 0.2) is 0 Å². The topological polar surface area (TPSA) is 40.6 Å². The molecule has 0 spiro atoms. The first kappa shape index (κ1) is 13.9. The van der Waals surface area contributed by atoms with E-state index in [1.165, 1.54) is 6.42 Å². The van der Waals surface area contributed by atoms with Gasteiger partial charge in [0.05, 0.1) is 19.8 Å². The summed E-state index contributed by atoms with van der Waals surface area (Å²) in [5, 5.41) is 0.